The molecule has 32 heavy (non-hydrogen) atoms. The third kappa shape index (κ3) is 4.98. The van der Waals surface area contributed by atoms with Crippen LogP contribution in [0.15, 0.2) is 23.1 Å². The number of hydrogen-bond acceptors (Lipinski definition) is 4. The summed E-state index contributed by atoms with van der Waals surface area (Å²) in [7, 11) is -3.96. The zero-order valence-corrected chi connectivity index (χ0v) is 19.3. The fraction of sp³-hybridized carbons (Fsp3) is 0.652. The van der Waals surface area contributed by atoms with Gasteiger partial charge < -0.3 is 9.80 Å². The van der Waals surface area contributed by atoms with E-state index < -0.39 is 20.7 Å². The number of benzene rings is 1. The number of amides is 2. The number of halogens is 1. The zero-order valence-electron chi connectivity index (χ0n) is 18.5. The quantitative estimate of drug-likeness (QED) is 0.670. The predicted molar refractivity (Wildman–Crippen MR) is 118 cm³/mol. The molecular formula is C23H32FN3O4S. The van der Waals surface area contributed by atoms with Crippen LogP contribution in [-0.4, -0.2) is 73.6 Å². The van der Waals surface area contributed by atoms with Crippen LogP contribution >= 0.6 is 0 Å². The van der Waals surface area contributed by atoms with Crippen molar-refractivity contribution in [3.63, 3.8) is 0 Å². The van der Waals surface area contributed by atoms with Gasteiger partial charge in [-0.15, -0.1) is 0 Å². The van der Waals surface area contributed by atoms with E-state index in [0.29, 0.717) is 32.6 Å². The molecule has 2 amide bonds. The molecule has 0 bridgehead atoms. The molecule has 0 spiro atoms. The molecule has 0 radical (unpaired) electrons. The van der Waals surface area contributed by atoms with Gasteiger partial charge >= 0.3 is 0 Å². The number of rotatable bonds is 5. The summed E-state index contributed by atoms with van der Waals surface area (Å²) in [6.45, 7) is 3.49. The van der Waals surface area contributed by atoms with E-state index in [-0.39, 0.29) is 23.3 Å². The number of nitrogens with zero attached hydrogens (tertiary/aromatic N) is 3. The number of carbonyl (C=O) groups is 2. The summed E-state index contributed by atoms with van der Waals surface area (Å²) in [6, 6.07) is 3.62. The molecule has 0 unspecified atom stereocenters. The maximum atomic E-state index is 14.5. The lowest BCUT2D eigenvalue weighted by Gasteiger charge is -2.32. The SMILES string of the molecule is O=C(CC1CCN(C(=O)c2ccc(F)c(S(=O)(=O)N3CCCCC3)c2)CC1)N1CCCC1. The fourth-order valence-electron chi connectivity index (χ4n) is 4.94. The van der Waals surface area contributed by atoms with Crippen molar-refractivity contribution in [2.75, 3.05) is 39.3 Å². The Kier molecular flexibility index (Phi) is 7.14. The summed E-state index contributed by atoms with van der Waals surface area (Å²) in [6.07, 6.45) is 6.64. The molecule has 0 N–H and O–H groups in total. The Labute approximate surface area is 189 Å². The minimum Gasteiger partial charge on any atom is -0.343 e. The Hall–Kier alpha value is -2.00. The van der Waals surface area contributed by atoms with Crippen LogP contribution in [-0.2, 0) is 14.8 Å². The summed E-state index contributed by atoms with van der Waals surface area (Å²) in [5.74, 6) is -0.649. The van der Waals surface area contributed by atoms with Gasteiger partial charge in [-0.1, -0.05) is 6.42 Å². The van der Waals surface area contributed by atoms with Crippen molar-refractivity contribution in [2.24, 2.45) is 5.92 Å². The van der Waals surface area contributed by atoms with Crippen molar-refractivity contribution in [1.29, 1.82) is 0 Å². The monoisotopic (exact) mass is 465 g/mol. The van der Waals surface area contributed by atoms with Crippen molar-refractivity contribution < 1.29 is 22.4 Å². The minimum atomic E-state index is -3.96. The molecule has 3 aliphatic heterocycles. The molecule has 0 saturated carbocycles. The highest BCUT2D eigenvalue weighted by Crippen LogP contribution is 2.27. The summed E-state index contributed by atoms with van der Waals surface area (Å²) < 4.78 is 41.6. The number of carbonyl (C=O) groups excluding carboxylic acids is 2. The summed E-state index contributed by atoms with van der Waals surface area (Å²) in [5, 5.41) is 0. The Bertz CT molecular complexity index is 948. The molecule has 4 rings (SSSR count). The first-order chi connectivity index (χ1) is 15.4. The van der Waals surface area contributed by atoms with Gasteiger partial charge in [0.15, 0.2) is 0 Å². The minimum absolute atomic E-state index is 0.188. The molecular weight excluding hydrogens is 433 g/mol. The molecule has 3 heterocycles. The van der Waals surface area contributed by atoms with E-state index in [0.717, 1.165) is 64.1 Å². The largest absolute Gasteiger partial charge is 0.343 e. The van der Waals surface area contributed by atoms with Gasteiger partial charge in [-0.2, -0.15) is 4.31 Å². The highest BCUT2D eigenvalue weighted by molar-refractivity contribution is 7.89. The Morgan fingerprint density at radius 1 is 0.875 bits per heavy atom. The lowest BCUT2D eigenvalue weighted by Crippen LogP contribution is -2.40. The van der Waals surface area contributed by atoms with Crippen LogP contribution < -0.4 is 0 Å². The van der Waals surface area contributed by atoms with Gasteiger partial charge in [-0.05, 0) is 62.6 Å². The fourth-order valence-corrected chi connectivity index (χ4v) is 6.55. The van der Waals surface area contributed by atoms with Crippen molar-refractivity contribution in [3.05, 3.63) is 29.6 Å². The normalized spacial score (nSPS) is 21.2. The summed E-state index contributed by atoms with van der Waals surface area (Å²) in [4.78, 5) is 28.6. The highest BCUT2D eigenvalue weighted by Gasteiger charge is 2.31. The molecule has 0 aromatic heterocycles. The third-order valence-electron chi connectivity index (χ3n) is 6.93. The standard InChI is InChI=1S/C23H32FN3O4S/c24-20-7-6-19(17-21(20)32(30,31)27-12-2-1-3-13-27)23(29)26-14-8-18(9-15-26)16-22(28)25-10-4-5-11-25/h6-7,17-18H,1-5,8-16H2. The van der Waals surface area contributed by atoms with Crippen LogP contribution in [0.1, 0.15) is 61.7 Å². The van der Waals surface area contributed by atoms with Gasteiger partial charge in [0.1, 0.15) is 10.7 Å². The Morgan fingerprint density at radius 3 is 2.16 bits per heavy atom. The average molecular weight is 466 g/mol. The number of hydrogen-bond donors (Lipinski definition) is 0. The van der Waals surface area contributed by atoms with Crippen molar-refractivity contribution >= 4 is 21.8 Å². The van der Waals surface area contributed by atoms with Crippen LogP contribution in [0.2, 0.25) is 0 Å². The maximum Gasteiger partial charge on any atom is 0.253 e. The molecule has 1 aromatic carbocycles. The summed E-state index contributed by atoms with van der Waals surface area (Å²) in [5.41, 5.74) is 0.188. The third-order valence-corrected chi connectivity index (χ3v) is 8.85. The van der Waals surface area contributed by atoms with E-state index in [1.807, 2.05) is 4.90 Å². The van der Waals surface area contributed by atoms with Crippen LogP contribution in [0, 0.1) is 11.7 Å². The van der Waals surface area contributed by atoms with Gasteiger partial charge in [0.25, 0.3) is 5.91 Å². The molecule has 1 aromatic rings. The highest BCUT2D eigenvalue weighted by atomic mass is 32.2. The summed E-state index contributed by atoms with van der Waals surface area (Å²) >= 11 is 0. The van der Waals surface area contributed by atoms with Crippen LogP contribution in [0.3, 0.4) is 0 Å². The second kappa shape index (κ2) is 9.87. The second-order valence-electron chi connectivity index (χ2n) is 9.14. The van der Waals surface area contributed by atoms with Gasteiger partial charge in [0.05, 0.1) is 0 Å². The van der Waals surface area contributed by atoms with E-state index >= 15 is 0 Å². The lowest BCUT2D eigenvalue weighted by atomic mass is 9.92. The van der Waals surface area contributed by atoms with Crippen molar-refractivity contribution in [2.45, 2.75) is 56.3 Å². The number of sulfonamides is 1. The Morgan fingerprint density at radius 2 is 1.50 bits per heavy atom. The first kappa shape index (κ1) is 23.2. The van der Waals surface area contributed by atoms with E-state index in [1.54, 1.807) is 4.90 Å². The van der Waals surface area contributed by atoms with E-state index in [9.17, 15) is 22.4 Å². The molecule has 7 nitrogen and oxygen atoms in total. The van der Waals surface area contributed by atoms with Gasteiger partial charge in [-0.25, -0.2) is 12.8 Å². The molecule has 0 aliphatic carbocycles. The molecule has 9 heteroatoms. The van der Waals surface area contributed by atoms with Gasteiger partial charge in [0.2, 0.25) is 15.9 Å². The smallest absolute Gasteiger partial charge is 0.253 e. The topological polar surface area (TPSA) is 78.0 Å². The molecule has 176 valence electrons. The first-order valence-corrected chi connectivity index (χ1v) is 13.2. The van der Waals surface area contributed by atoms with Crippen molar-refractivity contribution in [3.8, 4) is 0 Å². The number of likely N-dealkylation sites (tertiary alicyclic amines) is 2. The second-order valence-corrected chi connectivity index (χ2v) is 11.0. The predicted octanol–water partition coefficient (Wildman–Crippen LogP) is 2.87. The average Bonchev–Trinajstić information content (AvgIpc) is 3.35. The Balaban J connectivity index is 1.39. The van der Waals surface area contributed by atoms with E-state index in [4.69, 9.17) is 0 Å². The van der Waals surface area contributed by atoms with Crippen LogP contribution in [0.5, 0.6) is 0 Å². The molecule has 3 saturated heterocycles. The van der Waals surface area contributed by atoms with Crippen LogP contribution in [0.4, 0.5) is 4.39 Å². The van der Waals surface area contributed by atoms with Gasteiger partial charge in [0, 0.05) is 51.3 Å². The van der Waals surface area contributed by atoms with Crippen LogP contribution in [0.25, 0.3) is 0 Å². The first-order valence-electron chi connectivity index (χ1n) is 11.7. The molecule has 0 atom stereocenters. The van der Waals surface area contributed by atoms with E-state index in [2.05, 4.69) is 0 Å². The zero-order chi connectivity index (χ0) is 22.7. The number of piperidine rings is 2. The molecule has 3 aliphatic rings. The van der Waals surface area contributed by atoms with Crippen molar-refractivity contribution in [1.82, 2.24) is 14.1 Å². The lowest BCUT2D eigenvalue weighted by molar-refractivity contribution is -0.131. The van der Waals surface area contributed by atoms with Gasteiger partial charge in [-0.3, -0.25) is 9.59 Å². The molecule has 3 fully saturated rings. The maximum absolute atomic E-state index is 14.5. The van der Waals surface area contributed by atoms with E-state index in [1.165, 1.54) is 16.4 Å².